The number of unbranched alkanes of at least 4 members (excludes halogenated alkanes) is 5. The molecule has 1 atom stereocenters. The lowest BCUT2D eigenvalue weighted by Crippen LogP contribution is -2.01. The van der Waals surface area contributed by atoms with Crippen LogP contribution in [0.3, 0.4) is 0 Å². The Bertz CT molecular complexity index is 294. The zero-order chi connectivity index (χ0) is 13.8. The Balaban J connectivity index is 1.94. The van der Waals surface area contributed by atoms with Crippen molar-refractivity contribution in [1.29, 1.82) is 0 Å². The summed E-state index contributed by atoms with van der Waals surface area (Å²) < 4.78 is 13.7. The monoisotopic (exact) mass is 264 g/mol. The van der Waals surface area contributed by atoms with Crippen LogP contribution in [0, 0.1) is 0 Å². The molecule has 0 saturated carbocycles. The van der Waals surface area contributed by atoms with Crippen LogP contribution in [0.5, 0.6) is 0 Å². The van der Waals surface area contributed by atoms with Crippen molar-refractivity contribution in [3.05, 3.63) is 35.9 Å². The van der Waals surface area contributed by atoms with Crippen LogP contribution in [0.4, 0.5) is 4.39 Å². The van der Waals surface area contributed by atoms with Crippen molar-refractivity contribution in [1.82, 2.24) is 0 Å². The van der Waals surface area contributed by atoms with Gasteiger partial charge in [0.2, 0.25) is 0 Å². The molecule has 19 heavy (non-hydrogen) atoms. The number of hydrogen-bond acceptors (Lipinski definition) is 0. The average molecular weight is 264 g/mol. The molecule has 1 aromatic carbocycles. The van der Waals surface area contributed by atoms with Crippen LogP contribution in [0.25, 0.3) is 0 Å². The van der Waals surface area contributed by atoms with E-state index in [2.05, 4.69) is 31.2 Å². The summed E-state index contributed by atoms with van der Waals surface area (Å²) in [6.07, 6.45) is 10.4. The van der Waals surface area contributed by atoms with E-state index in [4.69, 9.17) is 0 Å². The minimum atomic E-state index is -0.588. The Kier molecular flexibility index (Phi) is 9.40. The summed E-state index contributed by atoms with van der Waals surface area (Å²) in [6.45, 7) is 2.23. The maximum atomic E-state index is 13.7. The second kappa shape index (κ2) is 11.0. The number of rotatable bonds is 11. The molecular formula is C18H29F. The van der Waals surface area contributed by atoms with Gasteiger partial charge in [-0.25, -0.2) is 4.39 Å². The Labute approximate surface area is 118 Å². The number of hydrogen-bond donors (Lipinski definition) is 0. The zero-order valence-corrected chi connectivity index (χ0v) is 12.4. The Morgan fingerprint density at radius 2 is 1.47 bits per heavy atom. The highest BCUT2D eigenvalue weighted by Gasteiger charge is 2.05. The summed E-state index contributed by atoms with van der Waals surface area (Å²) in [7, 11) is 0. The van der Waals surface area contributed by atoms with Gasteiger partial charge in [-0.3, -0.25) is 0 Å². The van der Waals surface area contributed by atoms with E-state index in [1.54, 1.807) is 0 Å². The van der Waals surface area contributed by atoms with E-state index in [1.807, 2.05) is 6.07 Å². The van der Waals surface area contributed by atoms with E-state index in [0.717, 1.165) is 32.1 Å². The van der Waals surface area contributed by atoms with Crippen molar-refractivity contribution in [2.24, 2.45) is 0 Å². The molecule has 0 radical (unpaired) electrons. The topological polar surface area (TPSA) is 0 Å². The number of benzene rings is 1. The summed E-state index contributed by atoms with van der Waals surface area (Å²) in [6, 6.07) is 10.4. The number of halogens is 1. The second-order valence-corrected chi connectivity index (χ2v) is 5.53. The highest BCUT2D eigenvalue weighted by atomic mass is 19.1. The van der Waals surface area contributed by atoms with Crippen LogP contribution in [0.1, 0.15) is 70.3 Å². The lowest BCUT2D eigenvalue weighted by atomic mass is 10.0. The third kappa shape index (κ3) is 8.80. The molecule has 0 saturated heterocycles. The molecule has 0 amide bonds. The van der Waals surface area contributed by atoms with Gasteiger partial charge in [-0.2, -0.15) is 0 Å². The fraction of sp³-hybridized carbons (Fsp3) is 0.667. The fourth-order valence-corrected chi connectivity index (χ4v) is 2.46. The molecule has 0 aliphatic heterocycles. The lowest BCUT2D eigenvalue weighted by molar-refractivity contribution is 0.282. The number of alkyl halides is 1. The molecule has 0 aliphatic carbocycles. The van der Waals surface area contributed by atoms with Gasteiger partial charge in [0.05, 0.1) is 0 Å². The van der Waals surface area contributed by atoms with Gasteiger partial charge in [0.15, 0.2) is 0 Å². The molecular weight excluding hydrogens is 235 g/mol. The predicted octanol–water partition coefficient (Wildman–Crippen LogP) is 6.10. The van der Waals surface area contributed by atoms with Gasteiger partial charge in [0.1, 0.15) is 6.17 Å². The average Bonchev–Trinajstić information content (AvgIpc) is 2.44. The molecule has 1 aromatic rings. The SMILES string of the molecule is CCCCCCCCC(F)CCCc1ccccc1. The van der Waals surface area contributed by atoms with Gasteiger partial charge < -0.3 is 0 Å². The lowest BCUT2D eigenvalue weighted by Gasteiger charge is -2.08. The molecule has 0 aromatic heterocycles. The fourth-order valence-electron chi connectivity index (χ4n) is 2.46. The smallest absolute Gasteiger partial charge is 0.100 e. The second-order valence-electron chi connectivity index (χ2n) is 5.53. The molecule has 1 heteroatoms. The van der Waals surface area contributed by atoms with Crippen molar-refractivity contribution in [2.75, 3.05) is 0 Å². The molecule has 0 aliphatic rings. The van der Waals surface area contributed by atoms with E-state index in [1.165, 1.54) is 37.7 Å². The van der Waals surface area contributed by atoms with Gasteiger partial charge in [0, 0.05) is 0 Å². The van der Waals surface area contributed by atoms with Crippen molar-refractivity contribution in [2.45, 2.75) is 77.3 Å². The van der Waals surface area contributed by atoms with E-state index in [9.17, 15) is 4.39 Å². The molecule has 0 heterocycles. The first-order valence-corrected chi connectivity index (χ1v) is 8.01. The van der Waals surface area contributed by atoms with Gasteiger partial charge in [-0.15, -0.1) is 0 Å². The Hall–Kier alpha value is -0.850. The van der Waals surface area contributed by atoms with E-state index < -0.39 is 6.17 Å². The van der Waals surface area contributed by atoms with Crippen molar-refractivity contribution in [3.63, 3.8) is 0 Å². The highest BCUT2D eigenvalue weighted by Crippen LogP contribution is 2.15. The third-order valence-electron chi connectivity index (χ3n) is 3.70. The Morgan fingerprint density at radius 3 is 2.21 bits per heavy atom. The first kappa shape index (κ1) is 16.2. The van der Waals surface area contributed by atoms with E-state index in [-0.39, 0.29) is 0 Å². The van der Waals surface area contributed by atoms with Crippen molar-refractivity contribution >= 4 is 0 Å². The minimum Gasteiger partial charge on any atom is -0.247 e. The molecule has 0 spiro atoms. The molecule has 0 nitrogen and oxygen atoms in total. The first-order chi connectivity index (χ1) is 9.33. The largest absolute Gasteiger partial charge is 0.247 e. The molecule has 1 unspecified atom stereocenters. The quantitative estimate of drug-likeness (QED) is 0.424. The standard InChI is InChI=1S/C18H29F/c1-2-3-4-5-6-10-15-18(19)16-11-14-17-12-8-7-9-13-17/h7-9,12-13,18H,2-6,10-11,14-16H2,1H3. The third-order valence-corrected chi connectivity index (χ3v) is 3.70. The predicted molar refractivity (Wildman–Crippen MR) is 82.3 cm³/mol. The van der Waals surface area contributed by atoms with Gasteiger partial charge in [-0.1, -0.05) is 75.8 Å². The van der Waals surface area contributed by atoms with Crippen LogP contribution in [0.2, 0.25) is 0 Å². The Morgan fingerprint density at radius 1 is 0.842 bits per heavy atom. The maximum Gasteiger partial charge on any atom is 0.100 e. The van der Waals surface area contributed by atoms with Crippen molar-refractivity contribution in [3.8, 4) is 0 Å². The molecule has 108 valence electrons. The van der Waals surface area contributed by atoms with E-state index in [0.29, 0.717) is 0 Å². The molecule has 0 fully saturated rings. The zero-order valence-electron chi connectivity index (χ0n) is 12.4. The summed E-state index contributed by atoms with van der Waals surface area (Å²) in [5, 5.41) is 0. The molecule has 0 bridgehead atoms. The normalized spacial score (nSPS) is 12.5. The van der Waals surface area contributed by atoms with Crippen molar-refractivity contribution < 1.29 is 4.39 Å². The number of aryl methyl sites for hydroxylation is 1. The minimum absolute atomic E-state index is 0.588. The van der Waals surface area contributed by atoms with Gasteiger partial charge in [0.25, 0.3) is 0 Å². The van der Waals surface area contributed by atoms with Crippen LogP contribution in [-0.4, -0.2) is 6.17 Å². The summed E-state index contributed by atoms with van der Waals surface area (Å²) in [5.41, 5.74) is 1.33. The van der Waals surface area contributed by atoms with Crippen LogP contribution in [-0.2, 0) is 6.42 Å². The maximum absolute atomic E-state index is 13.7. The van der Waals surface area contributed by atoms with Crippen LogP contribution >= 0.6 is 0 Å². The summed E-state index contributed by atoms with van der Waals surface area (Å²) in [4.78, 5) is 0. The van der Waals surface area contributed by atoms with Crippen LogP contribution in [0.15, 0.2) is 30.3 Å². The van der Waals surface area contributed by atoms with Gasteiger partial charge in [-0.05, 0) is 31.2 Å². The van der Waals surface area contributed by atoms with Gasteiger partial charge >= 0.3 is 0 Å². The van der Waals surface area contributed by atoms with E-state index >= 15 is 0 Å². The molecule has 0 N–H and O–H groups in total. The summed E-state index contributed by atoms with van der Waals surface area (Å²) in [5.74, 6) is 0. The highest BCUT2D eigenvalue weighted by molar-refractivity contribution is 5.14. The molecule has 1 rings (SSSR count). The summed E-state index contributed by atoms with van der Waals surface area (Å²) >= 11 is 0. The van der Waals surface area contributed by atoms with Crippen LogP contribution < -0.4 is 0 Å². The first-order valence-electron chi connectivity index (χ1n) is 8.01.